The minimum Gasteiger partial charge on any atom is -0.341 e. The molecule has 1 fully saturated rings. The molecule has 1 aromatic rings. The summed E-state index contributed by atoms with van der Waals surface area (Å²) >= 11 is 0. The van der Waals surface area contributed by atoms with E-state index in [1.54, 1.807) is 13.8 Å². The summed E-state index contributed by atoms with van der Waals surface area (Å²) in [7, 11) is 0. The van der Waals surface area contributed by atoms with Crippen molar-refractivity contribution in [3.8, 4) is 0 Å². The van der Waals surface area contributed by atoms with E-state index in [1.807, 2.05) is 4.90 Å². The van der Waals surface area contributed by atoms with Crippen molar-refractivity contribution in [3.63, 3.8) is 0 Å². The molecule has 0 aliphatic carbocycles. The van der Waals surface area contributed by atoms with Gasteiger partial charge in [0.05, 0.1) is 4.92 Å². The number of hydrogen-bond donors (Lipinski definition) is 0. The molecule has 2 atom stereocenters. The third-order valence-electron chi connectivity index (χ3n) is 4.03. The van der Waals surface area contributed by atoms with Gasteiger partial charge in [0.15, 0.2) is 0 Å². The molecule has 2 heterocycles. The van der Waals surface area contributed by atoms with E-state index < -0.39 is 4.92 Å². The van der Waals surface area contributed by atoms with E-state index in [0.29, 0.717) is 23.2 Å². The van der Waals surface area contributed by atoms with E-state index in [0.717, 1.165) is 19.5 Å². The van der Waals surface area contributed by atoms with Crippen LogP contribution in [0, 0.1) is 35.8 Å². The van der Waals surface area contributed by atoms with Gasteiger partial charge in [0.1, 0.15) is 17.9 Å². The fourth-order valence-corrected chi connectivity index (χ4v) is 3.20. The highest BCUT2D eigenvalue weighted by Gasteiger charge is 2.28. The Morgan fingerprint density at radius 1 is 1.33 bits per heavy atom. The van der Waals surface area contributed by atoms with E-state index in [4.69, 9.17) is 0 Å². The molecular formula is C14H22N4O3. The molecule has 0 spiro atoms. The average molecular weight is 294 g/mol. The molecule has 0 N–H and O–H groups in total. The lowest BCUT2D eigenvalue weighted by molar-refractivity contribution is -0.386. The third kappa shape index (κ3) is 3.22. The van der Waals surface area contributed by atoms with E-state index in [1.165, 1.54) is 4.68 Å². The van der Waals surface area contributed by atoms with Gasteiger partial charge in [-0.2, -0.15) is 5.10 Å². The Morgan fingerprint density at radius 2 is 1.90 bits per heavy atom. The largest absolute Gasteiger partial charge is 0.341 e. The summed E-state index contributed by atoms with van der Waals surface area (Å²) in [6.07, 6.45) is 1.13. The number of aryl methyl sites for hydroxylation is 1. The zero-order chi connectivity index (χ0) is 15.7. The zero-order valence-corrected chi connectivity index (χ0v) is 13.0. The molecule has 1 aliphatic rings. The van der Waals surface area contributed by atoms with E-state index in [9.17, 15) is 14.9 Å². The van der Waals surface area contributed by atoms with Crippen LogP contribution in [-0.2, 0) is 11.3 Å². The Morgan fingerprint density at radius 3 is 2.38 bits per heavy atom. The summed E-state index contributed by atoms with van der Waals surface area (Å²) in [5.74, 6) is 0.967. The Kier molecular flexibility index (Phi) is 4.29. The molecule has 21 heavy (non-hydrogen) atoms. The number of carbonyl (C=O) groups is 1. The van der Waals surface area contributed by atoms with Gasteiger partial charge in [0.25, 0.3) is 0 Å². The van der Waals surface area contributed by atoms with Crippen LogP contribution in [0.5, 0.6) is 0 Å². The number of amides is 1. The Hall–Kier alpha value is -1.92. The topological polar surface area (TPSA) is 81.3 Å². The highest BCUT2D eigenvalue weighted by molar-refractivity contribution is 5.76. The minimum atomic E-state index is -0.441. The average Bonchev–Trinajstić information content (AvgIpc) is 2.63. The fraction of sp³-hybridized carbons (Fsp3) is 0.714. The second-order valence-electron chi connectivity index (χ2n) is 6.18. The van der Waals surface area contributed by atoms with Gasteiger partial charge in [-0.1, -0.05) is 13.8 Å². The molecule has 2 rings (SSSR count). The molecular weight excluding hydrogens is 272 g/mol. The summed E-state index contributed by atoms with van der Waals surface area (Å²) in [4.78, 5) is 24.8. The van der Waals surface area contributed by atoms with Crippen LogP contribution in [-0.4, -0.2) is 38.6 Å². The summed E-state index contributed by atoms with van der Waals surface area (Å²) < 4.78 is 1.44. The molecule has 1 saturated heterocycles. The minimum absolute atomic E-state index is 0.00294. The Labute approximate surface area is 124 Å². The van der Waals surface area contributed by atoms with Gasteiger partial charge in [-0.05, 0) is 32.1 Å². The molecule has 0 saturated carbocycles. The second-order valence-corrected chi connectivity index (χ2v) is 6.18. The number of carbonyl (C=O) groups excluding carboxylic acids is 1. The number of nitro groups is 1. The molecule has 0 bridgehead atoms. The van der Waals surface area contributed by atoms with Crippen molar-refractivity contribution in [1.29, 1.82) is 0 Å². The lowest BCUT2D eigenvalue weighted by atomic mass is 9.92. The van der Waals surface area contributed by atoms with E-state index in [-0.39, 0.29) is 18.1 Å². The highest BCUT2D eigenvalue weighted by Crippen LogP contribution is 2.23. The van der Waals surface area contributed by atoms with E-state index in [2.05, 4.69) is 18.9 Å². The van der Waals surface area contributed by atoms with Crippen LogP contribution >= 0.6 is 0 Å². The molecule has 1 amide bonds. The molecule has 7 heteroatoms. The first-order chi connectivity index (χ1) is 9.79. The van der Waals surface area contributed by atoms with Crippen molar-refractivity contribution < 1.29 is 9.72 Å². The first-order valence-corrected chi connectivity index (χ1v) is 7.25. The molecule has 1 aliphatic heterocycles. The van der Waals surface area contributed by atoms with Crippen LogP contribution in [0.25, 0.3) is 0 Å². The third-order valence-corrected chi connectivity index (χ3v) is 4.03. The maximum atomic E-state index is 12.4. The summed E-state index contributed by atoms with van der Waals surface area (Å²) in [5.41, 5.74) is 0.790. The van der Waals surface area contributed by atoms with Gasteiger partial charge in [-0.15, -0.1) is 0 Å². The van der Waals surface area contributed by atoms with Crippen LogP contribution in [0.4, 0.5) is 5.69 Å². The number of piperidine rings is 1. The second kappa shape index (κ2) is 5.83. The molecule has 0 unspecified atom stereocenters. The molecule has 7 nitrogen and oxygen atoms in total. The number of hydrogen-bond acceptors (Lipinski definition) is 4. The number of nitrogens with zero attached hydrogens (tertiary/aromatic N) is 4. The van der Waals surface area contributed by atoms with E-state index >= 15 is 0 Å². The van der Waals surface area contributed by atoms with Crippen LogP contribution in [0.2, 0.25) is 0 Å². The SMILES string of the molecule is Cc1nn(CC(=O)N2C[C@H](C)C[C@H](C)C2)c(C)c1[N+](=O)[O-]. The molecule has 1 aromatic heterocycles. The summed E-state index contributed by atoms with van der Waals surface area (Å²) in [6, 6.07) is 0. The summed E-state index contributed by atoms with van der Waals surface area (Å²) in [5, 5.41) is 15.1. The summed E-state index contributed by atoms with van der Waals surface area (Å²) in [6.45, 7) is 9.09. The van der Waals surface area contributed by atoms with Crippen LogP contribution in [0.15, 0.2) is 0 Å². The monoisotopic (exact) mass is 294 g/mol. The van der Waals surface area contributed by atoms with Gasteiger partial charge in [0, 0.05) is 13.1 Å². The van der Waals surface area contributed by atoms with Crippen molar-refractivity contribution in [3.05, 3.63) is 21.5 Å². The van der Waals surface area contributed by atoms with Gasteiger partial charge in [0.2, 0.25) is 5.91 Å². The van der Waals surface area contributed by atoms with Crippen LogP contribution < -0.4 is 0 Å². The van der Waals surface area contributed by atoms with Gasteiger partial charge < -0.3 is 4.90 Å². The van der Waals surface area contributed by atoms with Crippen molar-refractivity contribution in [2.24, 2.45) is 11.8 Å². The maximum Gasteiger partial charge on any atom is 0.312 e. The standard InChI is InChI=1S/C14H22N4O3/c1-9-5-10(2)7-16(6-9)13(19)8-17-12(4)14(18(20)21)11(3)15-17/h9-10H,5-8H2,1-4H3/t9-,10+. The van der Waals surface area contributed by atoms with Crippen LogP contribution in [0.1, 0.15) is 31.7 Å². The van der Waals surface area contributed by atoms with Crippen molar-refractivity contribution in [2.75, 3.05) is 13.1 Å². The predicted octanol–water partition coefficient (Wildman–Crippen LogP) is 1.91. The highest BCUT2D eigenvalue weighted by atomic mass is 16.6. The number of rotatable bonds is 3. The lowest BCUT2D eigenvalue weighted by Crippen LogP contribution is -2.44. The van der Waals surface area contributed by atoms with Crippen LogP contribution in [0.3, 0.4) is 0 Å². The van der Waals surface area contributed by atoms with Crippen molar-refractivity contribution in [1.82, 2.24) is 14.7 Å². The lowest BCUT2D eigenvalue weighted by Gasteiger charge is -2.35. The Bertz CT molecular complexity index is 557. The van der Waals surface area contributed by atoms with Gasteiger partial charge >= 0.3 is 5.69 Å². The normalized spacial score (nSPS) is 22.4. The smallest absolute Gasteiger partial charge is 0.312 e. The predicted molar refractivity (Wildman–Crippen MR) is 77.9 cm³/mol. The zero-order valence-electron chi connectivity index (χ0n) is 13.0. The molecule has 116 valence electrons. The Balaban J connectivity index is 2.13. The van der Waals surface area contributed by atoms with Crippen molar-refractivity contribution >= 4 is 11.6 Å². The fourth-order valence-electron chi connectivity index (χ4n) is 3.20. The van der Waals surface area contributed by atoms with Crippen molar-refractivity contribution in [2.45, 2.75) is 40.7 Å². The maximum absolute atomic E-state index is 12.4. The quantitative estimate of drug-likeness (QED) is 0.630. The number of aromatic nitrogens is 2. The van der Waals surface area contributed by atoms with Gasteiger partial charge in [-0.3, -0.25) is 19.6 Å². The molecule has 0 aromatic carbocycles. The first kappa shape index (κ1) is 15.5. The van der Waals surface area contributed by atoms with Gasteiger partial charge in [-0.25, -0.2) is 0 Å². The molecule has 0 radical (unpaired) electrons. The number of likely N-dealkylation sites (tertiary alicyclic amines) is 1. The first-order valence-electron chi connectivity index (χ1n) is 7.25.